The molecule has 3 rings (SSSR count). The lowest BCUT2D eigenvalue weighted by molar-refractivity contribution is 0.0400. The Morgan fingerprint density at radius 1 is 1.35 bits per heavy atom. The fourth-order valence-corrected chi connectivity index (χ4v) is 3.00. The summed E-state index contributed by atoms with van der Waals surface area (Å²) in [5.74, 6) is 0.670. The molecule has 1 fully saturated rings. The van der Waals surface area contributed by atoms with Gasteiger partial charge in [0.2, 0.25) is 0 Å². The molecule has 1 aromatic carbocycles. The zero-order chi connectivity index (χ0) is 11.7. The third kappa shape index (κ3) is 2.10. The van der Waals surface area contributed by atoms with E-state index in [2.05, 4.69) is 29.2 Å². The van der Waals surface area contributed by atoms with Crippen molar-refractivity contribution in [3.63, 3.8) is 0 Å². The standard InChI is InChI=1S/C14H20N2O/c15-7-11-5-6-16(8-11)14-10-17-9-12-3-1-2-4-13(12)14/h1-4,11,14H,5-10,15H2. The molecule has 0 aromatic heterocycles. The van der Waals surface area contributed by atoms with Gasteiger partial charge in [0.25, 0.3) is 0 Å². The topological polar surface area (TPSA) is 38.5 Å². The van der Waals surface area contributed by atoms with Gasteiger partial charge < -0.3 is 10.5 Å². The second-order valence-electron chi connectivity index (χ2n) is 5.12. The van der Waals surface area contributed by atoms with Gasteiger partial charge in [-0.2, -0.15) is 0 Å². The minimum Gasteiger partial charge on any atom is -0.375 e. The number of likely N-dealkylation sites (tertiary alicyclic amines) is 1. The van der Waals surface area contributed by atoms with E-state index in [0.717, 1.165) is 32.8 Å². The zero-order valence-corrected chi connectivity index (χ0v) is 10.1. The number of nitrogens with two attached hydrogens (primary N) is 1. The lowest BCUT2D eigenvalue weighted by atomic mass is 9.98. The first-order valence-electron chi connectivity index (χ1n) is 6.48. The van der Waals surface area contributed by atoms with Crippen LogP contribution in [0.3, 0.4) is 0 Å². The van der Waals surface area contributed by atoms with E-state index < -0.39 is 0 Å². The van der Waals surface area contributed by atoms with Gasteiger partial charge in [-0.25, -0.2) is 0 Å². The summed E-state index contributed by atoms with van der Waals surface area (Å²) >= 11 is 0. The molecule has 1 saturated heterocycles. The van der Waals surface area contributed by atoms with Crippen molar-refractivity contribution in [3.05, 3.63) is 35.4 Å². The van der Waals surface area contributed by atoms with E-state index in [1.54, 1.807) is 0 Å². The number of ether oxygens (including phenoxy) is 1. The van der Waals surface area contributed by atoms with Crippen molar-refractivity contribution in [1.29, 1.82) is 0 Å². The smallest absolute Gasteiger partial charge is 0.0721 e. The maximum atomic E-state index is 5.76. The second-order valence-corrected chi connectivity index (χ2v) is 5.12. The van der Waals surface area contributed by atoms with Crippen molar-refractivity contribution in [2.24, 2.45) is 11.7 Å². The van der Waals surface area contributed by atoms with Gasteiger partial charge in [-0.1, -0.05) is 24.3 Å². The average molecular weight is 232 g/mol. The van der Waals surface area contributed by atoms with Crippen LogP contribution >= 0.6 is 0 Å². The van der Waals surface area contributed by atoms with Gasteiger partial charge in [-0.3, -0.25) is 4.90 Å². The fourth-order valence-electron chi connectivity index (χ4n) is 3.00. The van der Waals surface area contributed by atoms with E-state index in [1.807, 2.05) is 0 Å². The van der Waals surface area contributed by atoms with Crippen molar-refractivity contribution >= 4 is 0 Å². The van der Waals surface area contributed by atoms with Gasteiger partial charge in [0.15, 0.2) is 0 Å². The van der Waals surface area contributed by atoms with E-state index in [1.165, 1.54) is 17.5 Å². The van der Waals surface area contributed by atoms with Gasteiger partial charge >= 0.3 is 0 Å². The fraction of sp³-hybridized carbons (Fsp3) is 0.571. The molecule has 2 aliphatic heterocycles. The molecule has 17 heavy (non-hydrogen) atoms. The third-order valence-electron chi connectivity index (χ3n) is 4.04. The number of benzene rings is 1. The first-order valence-corrected chi connectivity index (χ1v) is 6.48. The van der Waals surface area contributed by atoms with Crippen LogP contribution in [0.15, 0.2) is 24.3 Å². The third-order valence-corrected chi connectivity index (χ3v) is 4.04. The number of hydrogen-bond donors (Lipinski definition) is 1. The molecule has 2 aliphatic rings. The predicted molar refractivity (Wildman–Crippen MR) is 67.6 cm³/mol. The summed E-state index contributed by atoms with van der Waals surface area (Å²) in [5.41, 5.74) is 8.56. The molecule has 0 bridgehead atoms. The quantitative estimate of drug-likeness (QED) is 0.840. The summed E-state index contributed by atoms with van der Waals surface area (Å²) in [5, 5.41) is 0. The minimum absolute atomic E-state index is 0.441. The number of fused-ring (bicyclic) bond motifs is 1. The lowest BCUT2D eigenvalue weighted by Crippen LogP contribution is -2.33. The first-order chi connectivity index (χ1) is 8.38. The summed E-state index contributed by atoms with van der Waals surface area (Å²) in [7, 11) is 0. The monoisotopic (exact) mass is 232 g/mol. The maximum Gasteiger partial charge on any atom is 0.0721 e. The molecule has 2 atom stereocenters. The Morgan fingerprint density at radius 3 is 3.06 bits per heavy atom. The van der Waals surface area contributed by atoms with Crippen LogP contribution in [0, 0.1) is 5.92 Å². The van der Waals surface area contributed by atoms with Crippen LogP contribution in [0.4, 0.5) is 0 Å². The molecular formula is C14H20N2O. The SMILES string of the molecule is NCC1CCN(C2COCc3ccccc32)C1. The number of hydrogen-bond acceptors (Lipinski definition) is 3. The average Bonchev–Trinajstić information content (AvgIpc) is 2.87. The summed E-state index contributed by atoms with van der Waals surface area (Å²) in [6.07, 6.45) is 1.23. The highest BCUT2D eigenvalue weighted by Crippen LogP contribution is 2.32. The van der Waals surface area contributed by atoms with Crippen LogP contribution in [0.1, 0.15) is 23.6 Å². The molecular weight excluding hydrogens is 212 g/mol. The van der Waals surface area contributed by atoms with Gasteiger partial charge in [0.1, 0.15) is 0 Å². The lowest BCUT2D eigenvalue weighted by Gasteiger charge is -2.33. The van der Waals surface area contributed by atoms with Crippen LogP contribution in [0.2, 0.25) is 0 Å². The van der Waals surface area contributed by atoms with E-state index in [4.69, 9.17) is 10.5 Å². The highest BCUT2D eigenvalue weighted by Gasteiger charge is 2.31. The second kappa shape index (κ2) is 4.77. The predicted octanol–water partition coefficient (Wildman–Crippen LogP) is 1.54. The summed E-state index contributed by atoms with van der Waals surface area (Å²) in [4.78, 5) is 2.54. The van der Waals surface area contributed by atoms with Crippen molar-refractivity contribution in [2.75, 3.05) is 26.2 Å². The highest BCUT2D eigenvalue weighted by molar-refractivity contribution is 5.31. The molecule has 1 aromatic rings. The van der Waals surface area contributed by atoms with Crippen LogP contribution in [-0.2, 0) is 11.3 Å². The Bertz CT molecular complexity index is 394. The Balaban J connectivity index is 1.81. The Morgan fingerprint density at radius 2 is 2.24 bits per heavy atom. The van der Waals surface area contributed by atoms with Gasteiger partial charge in [0, 0.05) is 6.54 Å². The molecule has 3 heteroatoms. The molecule has 2 N–H and O–H groups in total. The van der Waals surface area contributed by atoms with Gasteiger partial charge in [-0.15, -0.1) is 0 Å². The van der Waals surface area contributed by atoms with Crippen molar-refractivity contribution in [1.82, 2.24) is 4.90 Å². The molecule has 0 amide bonds. The van der Waals surface area contributed by atoms with Crippen LogP contribution in [0.25, 0.3) is 0 Å². The molecule has 3 nitrogen and oxygen atoms in total. The number of rotatable bonds is 2. The van der Waals surface area contributed by atoms with E-state index in [0.29, 0.717) is 12.0 Å². The maximum absolute atomic E-state index is 5.76. The Labute approximate surface area is 103 Å². The molecule has 0 aliphatic carbocycles. The van der Waals surface area contributed by atoms with Crippen LogP contribution in [0.5, 0.6) is 0 Å². The van der Waals surface area contributed by atoms with Gasteiger partial charge in [0.05, 0.1) is 19.3 Å². The normalized spacial score (nSPS) is 29.2. The molecule has 2 heterocycles. The van der Waals surface area contributed by atoms with Crippen molar-refractivity contribution < 1.29 is 4.74 Å². The van der Waals surface area contributed by atoms with Crippen LogP contribution < -0.4 is 5.73 Å². The van der Waals surface area contributed by atoms with Gasteiger partial charge in [-0.05, 0) is 36.6 Å². The summed E-state index contributed by atoms with van der Waals surface area (Å²) in [6, 6.07) is 9.10. The molecule has 92 valence electrons. The molecule has 2 unspecified atom stereocenters. The Kier molecular flexibility index (Phi) is 3.14. The van der Waals surface area contributed by atoms with E-state index in [-0.39, 0.29) is 0 Å². The summed E-state index contributed by atoms with van der Waals surface area (Å²) in [6.45, 7) is 4.68. The largest absolute Gasteiger partial charge is 0.375 e. The van der Waals surface area contributed by atoms with E-state index >= 15 is 0 Å². The minimum atomic E-state index is 0.441. The Hall–Kier alpha value is -0.900. The zero-order valence-electron chi connectivity index (χ0n) is 10.1. The van der Waals surface area contributed by atoms with E-state index in [9.17, 15) is 0 Å². The first kappa shape index (κ1) is 11.2. The molecule has 0 radical (unpaired) electrons. The molecule has 0 saturated carbocycles. The molecule has 0 spiro atoms. The highest BCUT2D eigenvalue weighted by atomic mass is 16.5. The summed E-state index contributed by atoms with van der Waals surface area (Å²) < 4.78 is 5.72. The van der Waals surface area contributed by atoms with Crippen LogP contribution in [-0.4, -0.2) is 31.1 Å². The van der Waals surface area contributed by atoms with Crippen molar-refractivity contribution in [2.45, 2.75) is 19.1 Å². The number of nitrogens with zero attached hydrogens (tertiary/aromatic N) is 1. The van der Waals surface area contributed by atoms with Crippen molar-refractivity contribution in [3.8, 4) is 0 Å².